The molecule has 0 saturated heterocycles. The first kappa shape index (κ1) is 10.5. The average molecular weight is 190 g/mol. The summed E-state index contributed by atoms with van der Waals surface area (Å²) in [7, 11) is 0. The molecule has 2 nitrogen and oxygen atoms in total. The lowest BCUT2D eigenvalue weighted by molar-refractivity contribution is 0.104. The van der Waals surface area contributed by atoms with Crippen LogP contribution >= 0.6 is 0 Å². The summed E-state index contributed by atoms with van der Waals surface area (Å²) in [5.41, 5.74) is 1.71. The van der Waals surface area contributed by atoms with Gasteiger partial charge in [-0.2, -0.15) is 0 Å². The van der Waals surface area contributed by atoms with E-state index in [9.17, 15) is 4.79 Å². The fourth-order valence-corrected chi connectivity index (χ4v) is 1.15. The standard InChI is InChI=1S/C12H14O2/c1-3-14-9-8-12(13)11-7-5-4-6-10(11)2/h4-9H,3H2,1-2H3/b9-8+. The molecule has 74 valence electrons. The molecule has 1 aromatic rings. The number of carbonyl (C=O) groups excluding carboxylic acids is 1. The lowest BCUT2D eigenvalue weighted by Crippen LogP contribution is -1.97. The first-order valence-electron chi connectivity index (χ1n) is 4.63. The molecule has 0 radical (unpaired) electrons. The highest BCUT2D eigenvalue weighted by atomic mass is 16.5. The zero-order valence-corrected chi connectivity index (χ0v) is 8.49. The van der Waals surface area contributed by atoms with E-state index in [1.165, 1.54) is 12.3 Å². The molecule has 0 spiro atoms. The Morgan fingerprint density at radius 1 is 1.43 bits per heavy atom. The smallest absolute Gasteiger partial charge is 0.189 e. The number of carbonyl (C=O) groups is 1. The molecule has 14 heavy (non-hydrogen) atoms. The van der Waals surface area contributed by atoms with Crippen LogP contribution in [0.2, 0.25) is 0 Å². The molecule has 1 aromatic carbocycles. The van der Waals surface area contributed by atoms with Crippen LogP contribution in [0, 0.1) is 6.92 Å². The van der Waals surface area contributed by atoms with Gasteiger partial charge in [-0.1, -0.05) is 24.3 Å². The molecular weight excluding hydrogens is 176 g/mol. The largest absolute Gasteiger partial charge is 0.501 e. The summed E-state index contributed by atoms with van der Waals surface area (Å²) < 4.78 is 4.96. The molecule has 1 rings (SSSR count). The van der Waals surface area contributed by atoms with Gasteiger partial charge in [0.2, 0.25) is 0 Å². The Balaban J connectivity index is 2.75. The monoisotopic (exact) mass is 190 g/mol. The molecule has 0 atom stereocenters. The summed E-state index contributed by atoms with van der Waals surface area (Å²) in [5.74, 6) is -0.0171. The molecule has 0 saturated carbocycles. The van der Waals surface area contributed by atoms with Crippen LogP contribution in [-0.4, -0.2) is 12.4 Å². The van der Waals surface area contributed by atoms with Crippen molar-refractivity contribution in [2.75, 3.05) is 6.61 Å². The highest BCUT2D eigenvalue weighted by Gasteiger charge is 2.03. The molecule has 0 bridgehead atoms. The van der Waals surface area contributed by atoms with Gasteiger partial charge in [-0.15, -0.1) is 0 Å². The summed E-state index contributed by atoms with van der Waals surface area (Å²) in [6.07, 6.45) is 2.89. The zero-order chi connectivity index (χ0) is 10.4. The van der Waals surface area contributed by atoms with Crippen molar-refractivity contribution in [2.45, 2.75) is 13.8 Å². The van der Waals surface area contributed by atoms with Crippen molar-refractivity contribution < 1.29 is 9.53 Å². The lowest BCUT2D eigenvalue weighted by Gasteiger charge is -1.99. The number of allylic oxidation sites excluding steroid dienone is 1. The molecule has 0 aliphatic carbocycles. The van der Waals surface area contributed by atoms with Crippen LogP contribution in [0.4, 0.5) is 0 Å². The van der Waals surface area contributed by atoms with Gasteiger partial charge in [0.25, 0.3) is 0 Å². The Labute approximate surface area is 84.2 Å². The van der Waals surface area contributed by atoms with Crippen molar-refractivity contribution in [3.8, 4) is 0 Å². The van der Waals surface area contributed by atoms with E-state index >= 15 is 0 Å². The Morgan fingerprint density at radius 2 is 2.14 bits per heavy atom. The van der Waals surface area contributed by atoms with Gasteiger partial charge in [0.05, 0.1) is 12.9 Å². The minimum absolute atomic E-state index is 0.0171. The van der Waals surface area contributed by atoms with E-state index in [2.05, 4.69) is 0 Å². The molecule has 0 N–H and O–H groups in total. The third-order valence-corrected chi connectivity index (χ3v) is 1.89. The summed E-state index contributed by atoms with van der Waals surface area (Å²) in [6.45, 7) is 4.38. The maximum Gasteiger partial charge on any atom is 0.189 e. The lowest BCUT2D eigenvalue weighted by atomic mass is 10.1. The number of rotatable bonds is 4. The SMILES string of the molecule is CCO/C=C/C(=O)c1ccccc1C. The van der Waals surface area contributed by atoms with Crippen LogP contribution in [0.25, 0.3) is 0 Å². The van der Waals surface area contributed by atoms with Crippen molar-refractivity contribution in [1.29, 1.82) is 0 Å². The van der Waals surface area contributed by atoms with Gasteiger partial charge in [0.1, 0.15) is 0 Å². The second kappa shape index (κ2) is 5.22. The van der Waals surface area contributed by atoms with Gasteiger partial charge < -0.3 is 4.74 Å². The van der Waals surface area contributed by atoms with Crippen molar-refractivity contribution in [1.82, 2.24) is 0 Å². The van der Waals surface area contributed by atoms with Gasteiger partial charge in [-0.25, -0.2) is 0 Å². The third-order valence-electron chi connectivity index (χ3n) is 1.89. The van der Waals surface area contributed by atoms with E-state index in [0.29, 0.717) is 6.61 Å². The highest BCUT2D eigenvalue weighted by Crippen LogP contribution is 2.08. The second-order valence-corrected chi connectivity index (χ2v) is 2.94. The summed E-state index contributed by atoms with van der Waals surface area (Å²) in [5, 5.41) is 0. The molecule has 0 aliphatic rings. The maximum atomic E-state index is 11.6. The summed E-state index contributed by atoms with van der Waals surface area (Å²) in [6, 6.07) is 7.50. The minimum atomic E-state index is -0.0171. The number of hydrogen-bond donors (Lipinski definition) is 0. The van der Waals surface area contributed by atoms with E-state index in [4.69, 9.17) is 4.74 Å². The van der Waals surface area contributed by atoms with E-state index in [1.807, 2.05) is 38.1 Å². The molecule has 0 amide bonds. The van der Waals surface area contributed by atoms with E-state index in [0.717, 1.165) is 11.1 Å². The second-order valence-electron chi connectivity index (χ2n) is 2.94. The maximum absolute atomic E-state index is 11.6. The highest BCUT2D eigenvalue weighted by molar-refractivity contribution is 6.05. The van der Waals surface area contributed by atoms with Gasteiger partial charge in [-0.05, 0) is 19.4 Å². The summed E-state index contributed by atoms with van der Waals surface area (Å²) in [4.78, 5) is 11.6. The van der Waals surface area contributed by atoms with Crippen LogP contribution < -0.4 is 0 Å². The topological polar surface area (TPSA) is 26.3 Å². The molecule has 0 heterocycles. The average Bonchev–Trinajstić information content (AvgIpc) is 2.18. The van der Waals surface area contributed by atoms with Crippen LogP contribution in [-0.2, 0) is 4.74 Å². The molecular formula is C12H14O2. The normalized spacial score (nSPS) is 10.4. The Morgan fingerprint density at radius 3 is 2.79 bits per heavy atom. The molecule has 0 aliphatic heterocycles. The number of ketones is 1. The predicted octanol–water partition coefficient (Wildman–Crippen LogP) is 2.73. The molecule has 0 aromatic heterocycles. The fourth-order valence-electron chi connectivity index (χ4n) is 1.15. The van der Waals surface area contributed by atoms with Crippen LogP contribution in [0.1, 0.15) is 22.8 Å². The van der Waals surface area contributed by atoms with Gasteiger partial charge in [0.15, 0.2) is 5.78 Å². The molecule has 0 unspecified atom stereocenters. The third kappa shape index (κ3) is 2.73. The minimum Gasteiger partial charge on any atom is -0.501 e. The van der Waals surface area contributed by atoms with Crippen molar-refractivity contribution in [3.63, 3.8) is 0 Å². The molecule has 0 fully saturated rings. The zero-order valence-electron chi connectivity index (χ0n) is 8.49. The Bertz CT molecular complexity index is 340. The van der Waals surface area contributed by atoms with Crippen molar-refractivity contribution >= 4 is 5.78 Å². The predicted molar refractivity (Wildman–Crippen MR) is 56.3 cm³/mol. The number of benzene rings is 1. The Kier molecular flexibility index (Phi) is 3.92. The number of ether oxygens (including phenoxy) is 1. The molecule has 2 heteroatoms. The van der Waals surface area contributed by atoms with E-state index in [1.54, 1.807) is 0 Å². The first-order chi connectivity index (χ1) is 6.75. The first-order valence-corrected chi connectivity index (χ1v) is 4.63. The van der Waals surface area contributed by atoms with E-state index in [-0.39, 0.29) is 5.78 Å². The number of aryl methyl sites for hydroxylation is 1. The van der Waals surface area contributed by atoms with Gasteiger partial charge in [-0.3, -0.25) is 4.79 Å². The van der Waals surface area contributed by atoms with Gasteiger partial charge in [0, 0.05) is 11.6 Å². The van der Waals surface area contributed by atoms with Crippen LogP contribution in [0.3, 0.4) is 0 Å². The fraction of sp³-hybridized carbons (Fsp3) is 0.250. The van der Waals surface area contributed by atoms with Crippen LogP contribution in [0.15, 0.2) is 36.6 Å². The van der Waals surface area contributed by atoms with Gasteiger partial charge >= 0.3 is 0 Å². The van der Waals surface area contributed by atoms with Crippen LogP contribution in [0.5, 0.6) is 0 Å². The quantitative estimate of drug-likeness (QED) is 0.414. The van der Waals surface area contributed by atoms with Crippen molar-refractivity contribution in [2.24, 2.45) is 0 Å². The van der Waals surface area contributed by atoms with Crippen molar-refractivity contribution in [3.05, 3.63) is 47.7 Å². The Hall–Kier alpha value is -1.57. The summed E-state index contributed by atoms with van der Waals surface area (Å²) >= 11 is 0. The van der Waals surface area contributed by atoms with E-state index < -0.39 is 0 Å². The number of hydrogen-bond acceptors (Lipinski definition) is 2.